The molecule has 0 N–H and O–H groups in total. The van der Waals surface area contributed by atoms with E-state index in [4.69, 9.17) is 0 Å². The van der Waals surface area contributed by atoms with E-state index in [0.717, 1.165) is 11.8 Å². The minimum absolute atomic E-state index is 1.07. The van der Waals surface area contributed by atoms with Crippen LogP contribution in [0.15, 0.2) is 0 Å². The molecule has 0 aromatic carbocycles. The van der Waals surface area contributed by atoms with Crippen molar-refractivity contribution in [2.24, 2.45) is 11.8 Å². The zero-order chi connectivity index (χ0) is 7.40. The lowest BCUT2D eigenvalue weighted by Gasteiger charge is -2.06. The summed E-state index contributed by atoms with van der Waals surface area (Å²) in [6.07, 6.45) is 7.41. The van der Waals surface area contributed by atoms with Crippen LogP contribution >= 0.6 is 22.6 Å². The summed E-state index contributed by atoms with van der Waals surface area (Å²) < 4.78 is 1.39. The number of hydrogen-bond donors (Lipinski definition) is 0. The summed E-state index contributed by atoms with van der Waals surface area (Å²) in [5.41, 5.74) is 0. The molecule has 1 saturated carbocycles. The topological polar surface area (TPSA) is 0 Å². The second-order valence-corrected chi connectivity index (χ2v) is 4.37. The first-order valence-electron chi connectivity index (χ1n) is 4.42. The fraction of sp³-hybridized carbons (Fsp3) is 1.00. The predicted molar refractivity (Wildman–Crippen MR) is 54.6 cm³/mol. The van der Waals surface area contributed by atoms with Gasteiger partial charge in [0.15, 0.2) is 0 Å². The van der Waals surface area contributed by atoms with E-state index < -0.39 is 0 Å². The second kappa shape index (κ2) is 4.58. The lowest BCUT2D eigenvalue weighted by Crippen LogP contribution is -1.96. The zero-order valence-corrected chi connectivity index (χ0v) is 8.93. The summed E-state index contributed by atoms with van der Waals surface area (Å²) in [6.45, 7) is 2.30. The first kappa shape index (κ1) is 8.82. The van der Waals surface area contributed by atoms with Crippen molar-refractivity contribution in [1.29, 1.82) is 0 Å². The van der Waals surface area contributed by atoms with Gasteiger partial charge in [-0.1, -0.05) is 48.8 Å². The van der Waals surface area contributed by atoms with Crippen LogP contribution in [0.25, 0.3) is 0 Å². The molecule has 0 radical (unpaired) electrons. The van der Waals surface area contributed by atoms with Crippen LogP contribution in [0, 0.1) is 11.8 Å². The highest BCUT2D eigenvalue weighted by atomic mass is 127. The Morgan fingerprint density at radius 2 is 2.00 bits per heavy atom. The van der Waals surface area contributed by atoms with Crippen LogP contribution in [-0.4, -0.2) is 4.43 Å². The molecule has 0 aromatic rings. The van der Waals surface area contributed by atoms with E-state index in [2.05, 4.69) is 29.5 Å². The first-order valence-corrected chi connectivity index (χ1v) is 5.95. The monoisotopic (exact) mass is 252 g/mol. The van der Waals surface area contributed by atoms with E-state index in [-0.39, 0.29) is 0 Å². The van der Waals surface area contributed by atoms with Crippen molar-refractivity contribution in [2.75, 3.05) is 4.43 Å². The zero-order valence-electron chi connectivity index (χ0n) is 6.78. The van der Waals surface area contributed by atoms with Gasteiger partial charge in [-0.3, -0.25) is 0 Å². The van der Waals surface area contributed by atoms with Gasteiger partial charge in [0.2, 0.25) is 0 Å². The largest absolute Gasteiger partial charge is 0.0861 e. The van der Waals surface area contributed by atoms with Gasteiger partial charge >= 0.3 is 0 Å². The third-order valence-electron chi connectivity index (χ3n) is 2.56. The van der Waals surface area contributed by atoms with Gasteiger partial charge in [0.1, 0.15) is 0 Å². The predicted octanol–water partition coefficient (Wildman–Crippen LogP) is 3.64. The highest BCUT2D eigenvalue weighted by Gasteiger charge is 2.22. The maximum atomic E-state index is 2.53. The fourth-order valence-corrected chi connectivity index (χ4v) is 2.79. The highest BCUT2D eigenvalue weighted by Crippen LogP contribution is 2.34. The van der Waals surface area contributed by atoms with Gasteiger partial charge in [0, 0.05) is 4.43 Å². The molecule has 60 valence electrons. The Balaban J connectivity index is 2.15. The SMILES string of the molecule is CCCC1CCC(CI)C1. The van der Waals surface area contributed by atoms with Crippen LogP contribution in [0.2, 0.25) is 0 Å². The molecule has 1 aliphatic carbocycles. The number of alkyl halides is 1. The Kier molecular flexibility index (Phi) is 4.04. The van der Waals surface area contributed by atoms with Crippen molar-refractivity contribution < 1.29 is 0 Å². The molecular formula is C9H17I. The quantitative estimate of drug-likeness (QED) is 0.531. The van der Waals surface area contributed by atoms with Crippen LogP contribution in [-0.2, 0) is 0 Å². The van der Waals surface area contributed by atoms with E-state index in [9.17, 15) is 0 Å². The smallest absolute Gasteiger partial charge is 0.00238 e. The third-order valence-corrected chi connectivity index (χ3v) is 3.81. The lowest BCUT2D eigenvalue weighted by atomic mass is 10.0. The van der Waals surface area contributed by atoms with E-state index in [1.807, 2.05) is 0 Å². The molecule has 0 nitrogen and oxygen atoms in total. The molecule has 0 saturated heterocycles. The lowest BCUT2D eigenvalue weighted by molar-refractivity contribution is 0.478. The van der Waals surface area contributed by atoms with Crippen LogP contribution in [0.5, 0.6) is 0 Å². The Morgan fingerprint density at radius 3 is 2.50 bits per heavy atom. The van der Waals surface area contributed by atoms with Gasteiger partial charge in [-0.2, -0.15) is 0 Å². The summed E-state index contributed by atoms with van der Waals surface area (Å²) in [5.74, 6) is 2.15. The number of hydrogen-bond acceptors (Lipinski definition) is 0. The van der Waals surface area contributed by atoms with Gasteiger partial charge in [-0.05, 0) is 24.7 Å². The molecule has 0 spiro atoms. The van der Waals surface area contributed by atoms with Crippen molar-refractivity contribution in [3.63, 3.8) is 0 Å². The molecule has 2 atom stereocenters. The van der Waals surface area contributed by atoms with Crippen LogP contribution in [0.1, 0.15) is 39.0 Å². The summed E-state index contributed by atoms with van der Waals surface area (Å²) in [5, 5.41) is 0. The Bertz CT molecular complexity index is 90.7. The Hall–Kier alpha value is 0.730. The minimum Gasteiger partial charge on any atom is -0.0861 e. The minimum atomic E-state index is 1.07. The molecule has 1 rings (SSSR count). The normalized spacial score (nSPS) is 33.0. The van der Waals surface area contributed by atoms with Crippen molar-refractivity contribution in [2.45, 2.75) is 39.0 Å². The van der Waals surface area contributed by atoms with Crippen molar-refractivity contribution in [1.82, 2.24) is 0 Å². The van der Waals surface area contributed by atoms with Crippen molar-refractivity contribution in [3.8, 4) is 0 Å². The molecule has 2 unspecified atom stereocenters. The maximum Gasteiger partial charge on any atom is 0.00238 e. The van der Waals surface area contributed by atoms with Gasteiger partial charge < -0.3 is 0 Å². The number of rotatable bonds is 3. The molecule has 1 heteroatoms. The van der Waals surface area contributed by atoms with Crippen LogP contribution < -0.4 is 0 Å². The van der Waals surface area contributed by atoms with Gasteiger partial charge in [-0.25, -0.2) is 0 Å². The molecule has 0 heterocycles. The Labute approximate surface area is 77.9 Å². The fourth-order valence-electron chi connectivity index (χ4n) is 1.99. The second-order valence-electron chi connectivity index (χ2n) is 3.49. The maximum absolute atomic E-state index is 2.53. The molecular weight excluding hydrogens is 235 g/mol. The van der Waals surface area contributed by atoms with Crippen LogP contribution in [0.4, 0.5) is 0 Å². The van der Waals surface area contributed by atoms with E-state index in [1.165, 1.54) is 36.5 Å². The summed E-state index contributed by atoms with van der Waals surface area (Å²) in [6, 6.07) is 0. The average molecular weight is 252 g/mol. The molecule has 0 aromatic heterocycles. The van der Waals surface area contributed by atoms with E-state index in [1.54, 1.807) is 0 Å². The molecule has 10 heavy (non-hydrogen) atoms. The van der Waals surface area contributed by atoms with Crippen molar-refractivity contribution in [3.05, 3.63) is 0 Å². The van der Waals surface area contributed by atoms with Crippen molar-refractivity contribution >= 4 is 22.6 Å². The summed E-state index contributed by atoms with van der Waals surface area (Å²) in [4.78, 5) is 0. The van der Waals surface area contributed by atoms with E-state index >= 15 is 0 Å². The molecule has 1 aliphatic rings. The molecule has 0 bridgehead atoms. The molecule has 0 aliphatic heterocycles. The van der Waals surface area contributed by atoms with E-state index in [0.29, 0.717) is 0 Å². The number of halogens is 1. The van der Waals surface area contributed by atoms with Gasteiger partial charge in [0.05, 0.1) is 0 Å². The molecule has 0 amide bonds. The third kappa shape index (κ3) is 2.40. The molecule has 1 fully saturated rings. The average Bonchev–Trinajstić information content (AvgIpc) is 2.37. The summed E-state index contributed by atoms with van der Waals surface area (Å²) in [7, 11) is 0. The van der Waals surface area contributed by atoms with Gasteiger partial charge in [0.25, 0.3) is 0 Å². The first-order chi connectivity index (χ1) is 4.86. The summed E-state index contributed by atoms with van der Waals surface area (Å²) >= 11 is 2.53. The Morgan fingerprint density at radius 1 is 1.30 bits per heavy atom. The highest BCUT2D eigenvalue weighted by molar-refractivity contribution is 14.1. The van der Waals surface area contributed by atoms with Crippen LogP contribution in [0.3, 0.4) is 0 Å². The standard InChI is InChI=1S/C9H17I/c1-2-3-8-4-5-9(6-8)7-10/h8-9H,2-7H2,1H3. The van der Waals surface area contributed by atoms with Gasteiger partial charge in [-0.15, -0.1) is 0 Å².